The van der Waals surface area contributed by atoms with E-state index in [9.17, 15) is 0 Å². The van der Waals surface area contributed by atoms with Crippen molar-refractivity contribution in [3.05, 3.63) is 224 Å². The predicted octanol–water partition coefficient (Wildman–Crippen LogP) is 17.0. The third kappa shape index (κ3) is 5.76. The van der Waals surface area contributed by atoms with E-state index >= 15 is 0 Å². The molecule has 0 N–H and O–H groups in total. The molecule has 0 bridgehead atoms. The Bertz CT molecular complexity index is 4580. The van der Waals surface area contributed by atoms with Crippen LogP contribution in [0.25, 0.3) is 142 Å². The van der Waals surface area contributed by atoms with Crippen LogP contribution in [0.3, 0.4) is 0 Å². The van der Waals surface area contributed by atoms with Gasteiger partial charge >= 0.3 is 0 Å². The van der Waals surface area contributed by atoms with Crippen molar-refractivity contribution < 1.29 is 4.42 Å². The first-order chi connectivity index (χ1) is 34.7. The molecule has 70 heavy (non-hydrogen) atoms. The van der Waals surface area contributed by atoms with Crippen molar-refractivity contribution in [3.8, 4) is 56.7 Å². The minimum absolute atomic E-state index is 0.610. The van der Waals surface area contributed by atoms with Gasteiger partial charge in [0.1, 0.15) is 11.2 Å². The average Bonchev–Trinajstić information content (AvgIpc) is 4.19. The topological polar surface area (TPSA) is 61.7 Å². The lowest BCUT2D eigenvalue weighted by Gasteiger charge is -2.13. The Morgan fingerprint density at radius 1 is 0.329 bits per heavy atom. The molecule has 5 heterocycles. The molecule has 0 fully saturated rings. The minimum atomic E-state index is 0.610. The fourth-order valence-electron chi connectivity index (χ4n) is 10.9. The summed E-state index contributed by atoms with van der Waals surface area (Å²) in [6.07, 6.45) is 0. The number of benzene rings is 10. The molecule has 15 rings (SSSR count). The summed E-state index contributed by atoms with van der Waals surface area (Å²) in [6.45, 7) is 0. The Kier molecular flexibility index (Phi) is 8.43. The third-order valence-corrected chi connectivity index (χ3v) is 15.3. The fourth-order valence-corrected chi connectivity index (χ4v) is 12.2. The third-order valence-electron chi connectivity index (χ3n) is 14.0. The smallest absolute Gasteiger partial charge is 0.165 e. The van der Waals surface area contributed by atoms with Crippen LogP contribution in [-0.2, 0) is 0 Å². The number of hydrogen-bond acceptors (Lipinski definition) is 5. The zero-order chi connectivity index (χ0) is 45.9. The summed E-state index contributed by atoms with van der Waals surface area (Å²) in [7, 11) is 0. The molecule has 0 amide bonds. The van der Waals surface area contributed by atoms with Gasteiger partial charge in [0.2, 0.25) is 0 Å². The van der Waals surface area contributed by atoms with Crippen molar-refractivity contribution in [3.63, 3.8) is 0 Å². The summed E-state index contributed by atoms with van der Waals surface area (Å²) < 4.78 is 13.7. The van der Waals surface area contributed by atoms with Gasteiger partial charge in [-0.2, -0.15) is 0 Å². The molecule has 6 nitrogen and oxygen atoms in total. The molecule has 10 aromatic carbocycles. The molecule has 0 aliphatic carbocycles. The largest absolute Gasteiger partial charge is 0.455 e. The zero-order valence-electron chi connectivity index (χ0n) is 37.4. The minimum Gasteiger partial charge on any atom is -0.455 e. The fraction of sp³-hybridized carbons (Fsp3) is 0. The molecule has 0 aliphatic heterocycles. The Morgan fingerprint density at radius 2 is 0.843 bits per heavy atom. The zero-order valence-corrected chi connectivity index (χ0v) is 38.2. The van der Waals surface area contributed by atoms with Crippen LogP contribution in [0.5, 0.6) is 0 Å². The number of fused-ring (bicyclic) bond motifs is 13. The number of furan rings is 1. The van der Waals surface area contributed by atoms with Crippen molar-refractivity contribution in [2.24, 2.45) is 0 Å². The Balaban J connectivity index is 0.934. The summed E-state index contributed by atoms with van der Waals surface area (Å²) >= 11 is 1.80. The highest BCUT2D eigenvalue weighted by Crippen LogP contribution is 2.47. The molecular formula is C63H37N5OS. The van der Waals surface area contributed by atoms with Crippen LogP contribution in [0.15, 0.2) is 229 Å². The van der Waals surface area contributed by atoms with Crippen LogP contribution in [0.1, 0.15) is 0 Å². The lowest BCUT2D eigenvalue weighted by molar-refractivity contribution is 0.670. The Labute approximate surface area is 404 Å². The van der Waals surface area contributed by atoms with Crippen LogP contribution in [0.2, 0.25) is 0 Å². The molecular weight excluding hydrogens is 875 g/mol. The van der Waals surface area contributed by atoms with Crippen molar-refractivity contribution >= 4 is 97.1 Å². The number of hydrogen-bond donors (Lipinski definition) is 0. The number of aromatic nitrogens is 5. The Morgan fingerprint density at radius 3 is 1.57 bits per heavy atom. The van der Waals surface area contributed by atoms with E-state index < -0.39 is 0 Å². The molecule has 5 aromatic heterocycles. The van der Waals surface area contributed by atoms with E-state index in [2.05, 4.69) is 203 Å². The summed E-state index contributed by atoms with van der Waals surface area (Å²) in [5.74, 6) is 1.86. The van der Waals surface area contributed by atoms with Gasteiger partial charge in [-0.25, -0.2) is 15.0 Å². The van der Waals surface area contributed by atoms with Gasteiger partial charge in [0.25, 0.3) is 0 Å². The molecule has 0 saturated heterocycles. The molecule has 0 unspecified atom stereocenters. The highest BCUT2D eigenvalue weighted by molar-refractivity contribution is 7.26. The molecule has 0 radical (unpaired) electrons. The summed E-state index contributed by atoms with van der Waals surface area (Å²) in [4.78, 5) is 15.7. The maximum absolute atomic E-state index is 6.42. The van der Waals surface area contributed by atoms with Gasteiger partial charge in [-0.15, -0.1) is 11.3 Å². The molecule has 0 aliphatic rings. The van der Waals surface area contributed by atoms with Crippen LogP contribution in [-0.4, -0.2) is 24.1 Å². The number of para-hydroxylation sites is 5. The average molecular weight is 912 g/mol. The van der Waals surface area contributed by atoms with E-state index in [1.807, 2.05) is 30.3 Å². The summed E-state index contributed by atoms with van der Waals surface area (Å²) in [5.41, 5.74) is 13.6. The second-order valence-electron chi connectivity index (χ2n) is 17.9. The van der Waals surface area contributed by atoms with E-state index in [0.29, 0.717) is 17.5 Å². The lowest BCUT2D eigenvalue weighted by atomic mass is 10.0. The maximum Gasteiger partial charge on any atom is 0.165 e. The predicted molar refractivity (Wildman–Crippen MR) is 290 cm³/mol. The van der Waals surface area contributed by atoms with Gasteiger partial charge in [0.05, 0.1) is 32.5 Å². The van der Waals surface area contributed by atoms with E-state index in [-0.39, 0.29) is 0 Å². The van der Waals surface area contributed by atoms with Crippen LogP contribution in [0, 0.1) is 0 Å². The van der Waals surface area contributed by atoms with Crippen molar-refractivity contribution in [2.75, 3.05) is 0 Å². The molecule has 15 aromatic rings. The van der Waals surface area contributed by atoms with Crippen molar-refractivity contribution in [1.82, 2.24) is 24.1 Å². The standard InChI is InChI=1S/C63H37N5OS/c1-3-16-39(17-4-1)61-64-62(40-34-32-38(33-35-40)42-23-13-24-48-45-22-9-12-31-55(45)69-58(42)48)66-63(65-61)51-27-14-25-49-50-26-15-30-54(60(50)70-59(49)51)68-53-29-11-8-21-44(53)47-37-36-46-43-20-7-10-28-52(43)67(56(46)57(47)68)41-18-5-2-6-19-41/h1-37H. The van der Waals surface area contributed by atoms with Crippen LogP contribution < -0.4 is 0 Å². The summed E-state index contributed by atoms with van der Waals surface area (Å²) in [6, 6.07) is 79.5. The first-order valence-corrected chi connectivity index (χ1v) is 24.3. The highest BCUT2D eigenvalue weighted by atomic mass is 32.1. The Hall–Kier alpha value is -9.17. The second kappa shape index (κ2) is 15.2. The van der Waals surface area contributed by atoms with E-state index in [4.69, 9.17) is 19.4 Å². The van der Waals surface area contributed by atoms with Crippen LogP contribution in [0.4, 0.5) is 0 Å². The van der Waals surface area contributed by atoms with Gasteiger partial charge in [0.15, 0.2) is 17.5 Å². The molecule has 0 spiro atoms. The summed E-state index contributed by atoms with van der Waals surface area (Å²) in [5, 5.41) is 9.45. The SMILES string of the molecule is c1ccc(-c2nc(-c3ccc(-c4cccc5c4oc4ccccc45)cc3)nc(-c3cccc4c3sc3c(-n5c6ccccc6c6ccc7c8ccccc8n(-c8ccccc8)c7c65)cccc34)n2)cc1. The molecule has 326 valence electrons. The highest BCUT2D eigenvalue weighted by Gasteiger charge is 2.24. The van der Waals surface area contributed by atoms with E-state index in [1.54, 1.807) is 11.3 Å². The molecule has 7 heteroatoms. The second-order valence-corrected chi connectivity index (χ2v) is 18.9. The normalized spacial score (nSPS) is 12.0. The number of nitrogens with zero attached hydrogens (tertiary/aromatic N) is 5. The lowest BCUT2D eigenvalue weighted by Crippen LogP contribution is -2.00. The molecule has 0 atom stereocenters. The maximum atomic E-state index is 6.42. The van der Waals surface area contributed by atoms with Crippen LogP contribution >= 0.6 is 11.3 Å². The van der Waals surface area contributed by atoms with Crippen molar-refractivity contribution in [1.29, 1.82) is 0 Å². The first-order valence-electron chi connectivity index (χ1n) is 23.5. The first kappa shape index (κ1) is 38.9. The molecule has 0 saturated carbocycles. The van der Waals surface area contributed by atoms with Gasteiger partial charge in [0, 0.05) is 75.7 Å². The van der Waals surface area contributed by atoms with Crippen molar-refractivity contribution in [2.45, 2.75) is 0 Å². The van der Waals surface area contributed by atoms with Gasteiger partial charge in [-0.1, -0.05) is 182 Å². The van der Waals surface area contributed by atoms with E-state index in [1.165, 1.54) is 48.2 Å². The number of thiophene rings is 1. The number of rotatable bonds is 6. The van der Waals surface area contributed by atoms with E-state index in [0.717, 1.165) is 76.7 Å². The van der Waals surface area contributed by atoms with Gasteiger partial charge in [-0.3, -0.25) is 0 Å². The quantitative estimate of drug-likeness (QED) is 0.167. The monoisotopic (exact) mass is 911 g/mol. The van der Waals surface area contributed by atoms with Gasteiger partial charge in [-0.05, 0) is 48.0 Å². The van der Waals surface area contributed by atoms with Gasteiger partial charge < -0.3 is 13.6 Å².